The van der Waals surface area contributed by atoms with Crippen LogP contribution in [0.2, 0.25) is 0 Å². The van der Waals surface area contributed by atoms with Gasteiger partial charge in [-0.15, -0.1) is 0 Å². The molecule has 25 heavy (non-hydrogen) atoms. The maximum Gasteiger partial charge on any atom is 0.233 e. The summed E-state index contributed by atoms with van der Waals surface area (Å²) in [6.45, 7) is 5.00. The van der Waals surface area contributed by atoms with Crippen molar-refractivity contribution >= 4 is 28.7 Å². The first-order valence-electron chi connectivity index (χ1n) is 8.50. The number of para-hydroxylation sites is 2. The van der Waals surface area contributed by atoms with Gasteiger partial charge in [0, 0.05) is 13.6 Å². The maximum atomic E-state index is 12.6. The maximum absolute atomic E-state index is 12.6. The average Bonchev–Trinajstić information content (AvgIpc) is 3.03. The third-order valence-electron chi connectivity index (χ3n) is 4.52. The highest BCUT2D eigenvalue weighted by molar-refractivity contribution is 7.99. The summed E-state index contributed by atoms with van der Waals surface area (Å²) in [6.07, 6.45) is 0. The number of hydrogen-bond donors (Lipinski definition) is 0. The number of fused-ring (bicyclic) bond motifs is 1. The van der Waals surface area contributed by atoms with Crippen LogP contribution < -0.4 is 0 Å². The molecule has 0 unspecified atom stereocenters. The molecule has 0 aliphatic heterocycles. The fourth-order valence-corrected chi connectivity index (χ4v) is 3.87. The van der Waals surface area contributed by atoms with Crippen LogP contribution in [0, 0.1) is 0 Å². The third kappa shape index (κ3) is 3.71. The molecule has 0 aliphatic rings. The summed E-state index contributed by atoms with van der Waals surface area (Å²) < 4.78 is 2.16. The van der Waals surface area contributed by atoms with E-state index in [0.29, 0.717) is 5.75 Å². The molecule has 3 aromatic rings. The van der Waals surface area contributed by atoms with Crippen LogP contribution in [0.1, 0.15) is 25.5 Å². The zero-order valence-electron chi connectivity index (χ0n) is 14.8. The Bertz CT molecular complexity index is 860. The van der Waals surface area contributed by atoms with Crippen molar-refractivity contribution < 1.29 is 4.79 Å². The summed E-state index contributed by atoms with van der Waals surface area (Å²) in [6, 6.07) is 18.2. The molecular formula is C20H23N3OS. The van der Waals surface area contributed by atoms with Crippen LogP contribution >= 0.6 is 11.8 Å². The Morgan fingerprint density at radius 3 is 2.56 bits per heavy atom. The summed E-state index contributed by atoms with van der Waals surface area (Å²) >= 11 is 1.51. The number of rotatable bonds is 6. The molecule has 130 valence electrons. The van der Waals surface area contributed by atoms with Crippen molar-refractivity contribution in [3.8, 4) is 0 Å². The van der Waals surface area contributed by atoms with Crippen molar-refractivity contribution in [2.75, 3.05) is 12.8 Å². The number of carbonyl (C=O) groups excluding carboxylic acids is 1. The van der Waals surface area contributed by atoms with Crippen LogP contribution in [-0.2, 0) is 11.3 Å². The van der Waals surface area contributed by atoms with Gasteiger partial charge in [0.25, 0.3) is 0 Å². The minimum absolute atomic E-state index is 0.0549. The molecule has 5 heteroatoms. The molecule has 0 bridgehead atoms. The Morgan fingerprint density at radius 1 is 1.16 bits per heavy atom. The number of benzene rings is 2. The quantitative estimate of drug-likeness (QED) is 0.618. The number of nitrogens with zero attached hydrogens (tertiary/aromatic N) is 3. The van der Waals surface area contributed by atoms with Crippen LogP contribution in [0.3, 0.4) is 0 Å². The Balaban J connectivity index is 1.70. The van der Waals surface area contributed by atoms with E-state index in [1.54, 1.807) is 4.90 Å². The number of amides is 1. The highest BCUT2D eigenvalue weighted by Gasteiger charge is 2.19. The molecule has 0 radical (unpaired) electrons. The van der Waals surface area contributed by atoms with Crippen LogP contribution in [0.25, 0.3) is 11.0 Å². The van der Waals surface area contributed by atoms with Crippen molar-refractivity contribution in [3.05, 3.63) is 60.2 Å². The first kappa shape index (κ1) is 17.5. The minimum Gasteiger partial charge on any atom is -0.338 e. The summed E-state index contributed by atoms with van der Waals surface area (Å²) in [5.41, 5.74) is 3.24. The number of aryl methyl sites for hydroxylation is 1. The van der Waals surface area contributed by atoms with Crippen molar-refractivity contribution in [3.63, 3.8) is 0 Å². The highest BCUT2D eigenvalue weighted by atomic mass is 32.2. The molecule has 0 fully saturated rings. The SMILES string of the molecule is CCn1c(SCC(=O)N(C)[C@@H](C)c2ccccc2)nc2ccccc21. The molecule has 0 spiro atoms. The molecule has 1 amide bonds. The van der Waals surface area contributed by atoms with Gasteiger partial charge in [0.05, 0.1) is 22.8 Å². The van der Waals surface area contributed by atoms with E-state index in [-0.39, 0.29) is 11.9 Å². The lowest BCUT2D eigenvalue weighted by Gasteiger charge is -2.25. The van der Waals surface area contributed by atoms with E-state index < -0.39 is 0 Å². The van der Waals surface area contributed by atoms with Crippen LogP contribution in [0.5, 0.6) is 0 Å². The molecule has 4 nitrogen and oxygen atoms in total. The van der Waals surface area contributed by atoms with E-state index in [0.717, 1.165) is 28.3 Å². The van der Waals surface area contributed by atoms with Crippen molar-refractivity contribution in [2.24, 2.45) is 0 Å². The monoisotopic (exact) mass is 353 g/mol. The van der Waals surface area contributed by atoms with Crippen LogP contribution in [-0.4, -0.2) is 33.2 Å². The second-order valence-electron chi connectivity index (χ2n) is 6.01. The van der Waals surface area contributed by atoms with Crippen molar-refractivity contribution in [1.29, 1.82) is 0 Å². The summed E-state index contributed by atoms with van der Waals surface area (Å²) in [7, 11) is 1.86. The first-order valence-corrected chi connectivity index (χ1v) is 9.49. The largest absolute Gasteiger partial charge is 0.338 e. The molecule has 1 atom stereocenters. The van der Waals surface area contributed by atoms with Crippen molar-refractivity contribution in [1.82, 2.24) is 14.5 Å². The molecule has 0 saturated carbocycles. The van der Waals surface area contributed by atoms with Gasteiger partial charge in [-0.25, -0.2) is 4.98 Å². The van der Waals surface area contributed by atoms with Gasteiger partial charge in [-0.05, 0) is 31.5 Å². The standard InChI is InChI=1S/C20H23N3OS/c1-4-23-18-13-9-8-12-17(18)21-20(23)25-14-19(24)22(3)15(2)16-10-6-5-7-11-16/h5-13,15H,4,14H2,1-3H3/t15-/m0/s1. The summed E-state index contributed by atoms with van der Waals surface area (Å²) in [4.78, 5) is 19.1. The predicted molar refractivity (Wildman–Crippen MR) is 104 cm³/mol. The lowest BCUT2D eigenvalue weighted by molar-refractivity contribution is -0.128. The van der Waals surface area contributed by atoms with E-state index in [9.17, 15) is 4.79 Å². The summed E-state index contributed by atoms with van der Waals surface area (Å²) in [5, 5.41) is 0.901. The lowest BCUT2D eigenvalue weighted by Crippen LogP contribution is -2.31. The third-order valence-corrected chi connectivity index (χ3v) is 5.48. The number of hydrogen-bond acceptors (Lipinski definition) is 3. The number of imidazole rings is 1. The normalized spacial score (nSPS) is 12.3. The zero-order chi connectivity index (χ0) is 17.8. The Hall–Kier alpha value is -2.27. The van der Waals surface area contributed by atoms with Gasteiger partial charge in [-0.1, -0.05) is 54.2 Å². The fourth-order valence-electron chi connectivity index (χ4n) is 2.87. The lowest BCUT2D eigenvalue weighted by atomic mass is 10.1. The van der Waals surface area contributed by atoms with Gasteiger partial charge < -0.3 is 9.47 Å². The average molecular weight is 353 g/mol. The molecular weight excluding hydrogens is 330 g/mol. The van der Waals surface area contributed by atoms with E-state index >= 15 is 0 Å². The Labute approximate surface area is 152 Å². The number of carbonyl (C=O) groups is 1. The topological polar surface area (TPSA) is 38.1 Å². The Morgan fingerprint density at radius 2 is 1.84 bits per heavy atom. The Kier molecular flexibility index (Phi) is 5.43. The molecule has 1 aromatic heterocycles. The fraction of sp³-hybridized carbons (Fsp3) is 0.300. The zero-order valence-corrected chi connectivity index (χ0v) is 15.7. The second-order valence-corrected chi connectivity index (χ2v) is 6.95. The van der Waals surface area contributed by atoms with Crippen LogP contribution in [0.4, 0.5) is 0 Å². The van der Waals surface area contributed by atoms with Gasteiger partial charge in [0.1, 0.15) is 0 Å². The number of thioether (sulfide) groups is 1. The van der Waals surface area contributed by atoms with Gasteiger partial charge in [0.2, 0.25) is 5.91 Å². The molecule has 2 aromatic carbocycles. The number of aromatic nitrogens is 2. The molecule has 0 N–H and O–H groups in total. The molecule has 0 saturated heterocycles. The minimum atomic E-state index is 0.0549. The van der Waals surface area contributed by atoms with E-state index in [2.05, 4.69) is 41.6 Å². The van der Waals surface area contributed by atoms with E-state index in [1.807, 2.05) is 43.4 Å². The molecule has 0 aliphatic carbocycles. The predicted octanol–water partition coefficient (Wildman–Crippen LogP) is 4.37. The van der Waals surface area contributed by atoms with Gasteiger partial charge in [-0.3, -0.25) is 4.79 Å². The summed E-state index contributed by atoms with van der Waals surface area (Å²) in [5.74, 6) is 0.493. The highest BCUT2D eigenvalue weighted by Crippen LogP contribution is 2.25. The van der Waals surface area contributed by atoms with Gasteiger partial charge in [-0.2, -0.15) is 0 Å². The molecule has 1 heterocycles. The smallest absolute Gasteiger partial charge is 0.233 e. The van der Waals surface area contributed by atoms with Gasteiger partial charge in [0.15, 0.2) is 5.16 Å². The van der Waals surface area contributed by atoms with Crippen molar-refractivity contribution in [2.45, 2.75) is 31.6 Å². The van der Waals surface area contributed by atoms with Crippen LogP contribution in [0.15, 0.2) is 59.8 Å². The second kappa shape index (κ2) is 7.74. The van der Waals surface area contributed by atoms with E-state index in [1.165, 1.54) is 11.8 Å². The molecule has 3 rings (SSSR count). The van der Waals surface area contributed by atoms with E-state index in [4.69, 9.17) is 0 Å². The van der Waals surface area contributed by atoms with Gasteiger partial charge >= 0.3 is 0 Å². The first-order chi connectivity index (χ1) is 12.1.